The van der Waals surface area contributed by atoms with Crippen molar-refractivity contribution in [1.82, 2.24) is 15.6 Å². The van der Waals surface area contributed by atoms with Gasteiger partial charge in [-0.2, -0.15) is 0 Å². The van der Waals surface area contributed by atoms with Crippen molar-refractivity contribution in [3.05, 3.63) is 53.1 Å². The van der Waals surface area contributed by atoms with Crippen LogP contribution in [0.2, 0.25) is 0 Å². The van der Waals surface area contributed by atoms with Crippen molar-refractivity contribution >= 4 is 52.1 Å². The maximum atomic E-state index is 4.70. The summed E-state index contributed by atoms with van der Waals surface area (Å²) in [4.78, 5) is 13.7. The van der Waals surface area contributed by atoms with E-state index in [-0.39, 0.29) is 24.0 Å². The molecule has 0 atom stereocenters. The summed E-state index contributed by atoms with van der Waals surface area (Å²) in [6.45, 7) is 6.21. The topological polar surface area (TPSA) is 55.8 Å². The molecule has 1 aromatic carbocycles. The van der Waals surface area contributed by atoms with Gasteiger partial charge in [0.2, 0.25) is 0 Å². The average molecular weight is 512 g/mol. The van der Waals surface area contributed by atoms with Gasteiger partial charge in [-0.3, -0.25) is 0 Å². The zero-order chi connectivity index (χ0) is 19.1. The zero-order valence-electron chi connectivity index (χ0n) is 16.7. The van der Waals surface area contributed by atoms with Gasteiger partial charge in [-0.25, -0.2) is 9.98 Å². The second-order valence-corrected chi connectivity index (χ2v) is 7.44. The summed E-state index contributed by atoms with van der Waals surface area (Å²) in [5.74, 6) is 0.810. The number of thiazole rings is 1. The maximum absolute atomic E-state index is 4.70. The smallest absolute Gasteiger partial charge is 0.191 e. The van der Waals surface area contributed by atoms with E-state index < -0.39 is 0 Å². The Hall–Kier alpha value is -1.81. The number of anilines is 2. The van der Waals surface area contributed by atoms with Crippen LogP contribution in [-0.4, -0.2) is 44.7 Å². The predicted octanol–water partition coefficient (Wildman–Crippen LogP) is 3.46. The first kappa shape index (κ1) is 22.5. The van der Waals surface area contributed by atoms with Crippen molar-refractivity contribution in [2.45, 2.75) is 20.0 Å². The highest BCUT2D eigenvalue weighted by molar-refractivity contribution is 14.0. The van der Waals surface area contributed by atoms with Crippen LogP contribution in [0.4, 0.5) is 10.8 Å². The van der Waals surface area contributed by atoms with Crippen molar-refractivity contribution in [1.29, 1.82) is 0 Å². The molecule has 0 fully saturated rings. The molecule has 8 heteroatoms. The Morgan fingerprint density at radius 2 is 1.89 bits per heavy atom. The summed E-state index contributed by atoms with van der Waals surface area (Å²) in [6.07, 6.45) is 4.41. The van der Waals surface area contributed by atoms with Gasteiger partial charge in [-0.05, 0) is 24.6 Å². The fourth-order valence-corrected chi connectivity index (χ4v) is 3.53. The molecule has 6 nitrogen and oxygen atoms in total. The van der Waals surface area contributed by atoms with Crippen molar-refractivity contribution < 1.29 is 0 Å². The number of nitrogens with zero attached hydrogens (tertiary/aromatic N) is 4. The molecule has 0 amide bonds. The monoisotopic (exact) mass is 512 g/mol. The van der Waals surface area contributed by atoms with Crippen molar-refractivity contribution in [2.24, 2.45) is 4.99 Å². The minimum atomic E-state index is 0. The van der Waals surface area contributed by atoms with Crippen LogP contribution in [-0.2, 0) is 13.1 Å². The molecule has 1 aliphatic rings. The highest BCUT2D eigenvalue weighted by atomic mass is 127. The van der Waals surface area contributed by atoms with E-state index in [4.69, 9.17) is 4.99 Å². The molecule has 2 aromatic rings. The Morgan fingerprint density at radius 1 is 1.18 bits per heavy atom. The largest absolute Gasteiger partial charge is 0.364 e. The molecule has 0 aliphatic carbocycles. The zero-order valence-corrected chi connectivity index (χ0v) is 19.8. The second-order valence-electron chi connectivity index (χ2n) is 6.61. The molecule has 0 saturated carbocycles. The van der Waals surface area contributed by atoms with E-state index in [0.717, 1.165) is 36.4 Å². The van der Waals surface area contributed by atoms with Crippen molar-refractivity contribution in [3.8, 4) is 0 Å². The second kappa shape index (κ2) is 11.3. The van der Waals surface area contributed by atoms with Gasteiger partial charge in [0.1, 0.15) is 0 Å². The molecule has 0 saturated heterocycles. The molecule has 3 rings (SSSR count). The number of aromatic nitrogens is 1. The maximum Gasteiger partial charge on any atom is 0.191 e. The summed E-state index contributed by atoms with van der Waals surface area (Å²) in [7, 11) is 4.01. The summed E-state index contributed by atoms with van der Waals surface area (Å²) >= 11 is 1.65. The Morgan fingerprint density at radius 3 is 2.50 bits per heavy atom. The van der Waals surface area contributed by atoms with Gasteiger partial charge >= 0.3 is 0 Å². The third kappa shape index (κ3) is 6.37. The van der Waals surface area contributed by atoms with Gasteiger partial charge in [0.05, 0.1) is 18.8 Å². The summed E-state index contributed by atoms with van der Waals surface area (Å²) < 4.78 is 0. The molecule has 28 heavy (non-hydrogen) atoms. The van der Waals surface area contributed by atoms with E-state index in [1.807, 2.05) is 19.0 Å². The van der Waals surface area contributed by atoms with Crippen LogP contribution in [0.3, 0.4) is 0 Å². The lowest BCUT2D eigenvalue weighted by molar-refractivity contribution is 0.803. The van der Waals surface area contributed by atoms with Gasteiger partial charge in [-0.15, -0.1) is 35.3 Å². The van der Waals surface area contributed by atoms with E-state index in [9.17, 15) is 0 Å². The highest BCUT2D eigenvalue weighted by Crippen LogP contribution is 2.18. The fourth-order valence-electron chi connectivity index (χ4n) is 2.77. The lowest BCUT2D eigenvalue weighted by Crippen LogP contribution is -2.36. The standard InChI is InChI=1S/C20H28N6S.HI/c1-4-21-19(23-14-17-15-27-20(24-17)25(2)3)22-13-16-7-9-18(10-8-16)26-11-5-6-12-26;/h5-10,15H,4,11-14H2,1-3H3,(H2,21,22,23);1H. The predicted molar refractivity (Wildman–Crippen MR) is 131 cm³/mol. The molecule has 0 spiro atoms. The number of guanidine groups is 1. The molecule has 0 bridgehead atoms. The molecule has 1 aliphatic heterocycles. The molecule has 0 radical (unpaired) electrons. The number of hydrogen-bond acceptors (Lipinski definition) is 5. The molecule has 2 heterocycles. The van der Waals surface area contributed by atoms with E-state index in [1.165, 1.54) is 11.3 Å². The van der Waals surface area contributed by atoms with Gasteiger partial charge in [0, 0.05) is 44.8 Å². The summed E-state index contributed by atoms with van der Waals surface area (Å²) in [5, 5.41) is 9.76. The SMILES string of the molecule is CCNC(=NCc1ccc(N2CC=CC2)cc1)NCc1csc(N(C)C)n1.I. The Bertz CT molecular complexity index is 776. The van der Waals surface area contributed by atoms with Crippen LogP contribution in [0.25, 0.3) is 0 Å². The van der Waals surface area contributed by atoms with Crippen LogP contribution < -0.4 is 20.4 Å². The molecular weight excluding hydrogens is 483 g/mol. The van der Waals surface area contributed by atoms with E-state index in [2.05, 4.69) is 69.2 Å². The van der Waals surface area contributed by atoms with Gasteiger partial charge in [0.15, 0.2) is 11.1 Å². The van der Waals surface area contributed by atoms with Gasteiger partial charge in [0.25, 0.3) is 0 Å². The summed E-state index contributed by atoms with van der Waals surface area (Å²) in [6, 6.07) is 8.67. The normalized spacial score (nSPS) is 13.4. The lowest BCUT2D eigenvalue weighted by atomic mass is 10.2. The van der Waals surface area contributed by atoms with E-state index in [0.29, 0.717) is 13.1 Å². The van der Waals surface area contributed by atoms with Gasteiger partial charge < -0.3 is 20.4 Å². The Balaban J connectivity index is 0.00000280. The van der Waals surface area contributed by atoms with Crippen LogP contribution in [0.15, 0.2) is 46.8 Å². The fraction of sp³-hybridized carbons (Fsp3) is 0.400. The molecule has 152 valence electrons. The molecular formula is C20H29IN6S. The number of rotatable bonds is 7. The van der Waals surface area contributed by atoms with Crippen LogP contribution >= 0.6 is 35.3 Å². The number of aliphatic imine (C=N–C) groups is 1. The van der Waals surface area contributed by atoms with Crippen LogP contribution in [0.5, 0.6) is 0 Å². The molecule has 0 unspecified atom stereocenters. The Labute approximate surface area is 188 Å². The third-order valence-corrected chi connectivity index (χ3v) is 5.30. The average Bonchev–Trinajstić information content (AvgIpc) is 3.36. The van der Waals surface area contributed by atoms with Crippen LogP contribution in [0.1, 0.15) is 18.2 Å². The van der Waals surface area contributed by atoms with Crippen molar-refractivity contribution in [3.63, 3.8) is 0 Å². The Kier molecular flexibility index (Phi) is 9.04. The first-order chi connectivity index (χ1) is 13.2. The first-order valence-corrected chi connectivity index (χ1v) is 10.2. The van der Waals surface area contributed by atoms with Gasteiger partial charge in [-0.1, -0.05) is 24.3 Å². The summed E-state index contributed by atoms with van der Waals surface area (Å²) in [5.41, 5.74) is 3.49. The number of hydrogen-bond donors (Lipinski definition) is 2. The minimum absolute atomic E-state index is 0. The lowest BCUT2D eigenvalue weighted by Gasteiger charge is -2.17. The third-order valence-electron chi connectivity index (χ3n) is 4.24. The number of benzene rings is 1. The number of halogens is 1. The van der Waals surface area contributed by atoms with Crippen molar-refractivity contribution in [2.75, 3.05) is 43.5 Å². The van der Waals surface area contributed by atoms with Crippen LogP contribution in [0, 0.1) is 0 Å². The molecule has 1 aromatic heterocycles. The quantitative estimate of drug-likeness (QED) is 0.258. The highest BCUT2D eigenvalue weighted by Gasteiger charge is 2.07. The van der Waals surface area contributed by atoms with E-state index in [1.54, 1.807) is 11.3 Å². The first-order valence-electron chi connectivity index (χ1n) is 9.28. The van der Waals surface area contributed by atoms with E-state index >= 15 is 0 Å². The number of nitrogens with one attached hydrogen (secondary N) is 2. The minimum Gasteiger partial charge on any atom is -0.364 e. The molecule has 2 N–H and O–H groups in total.